The fraction of sp³-hybridized carbons (Fsp3) is 0.688. The minimum atomic E-state index is 0.0176. The van der Waals surface area contributed by atoms with Gasteiger partial charge in [-0.25, -0.2) is 0 Å². The molecular formula is C16H25N5O. The van der Waals surface area contributed by atoms with Crippen molar-refractivity contribution in [3.63, 3.8) is 0 Å². The summed E-state index contributed by atoms with van der Waals surface area (Å²) in [5.74, 6) is 1.47. The van der Waals surface area contributed by atoms with Gasteiger partial charge in [-0.1, -0.05) is 6.92 Å². The molecule has 22 heavy (non-hydrogen) atoms. The van der Waals surface area contributed by atoms with Crippen molar-refractivity contribution in [2.45, 2.75) is 19.8 Å². The minimum absolute atomic E-state index is 0.0176. The highest BCUT2D eigenvalue weighted by atomic mass is 16.2. The second-order valence-corrected chi connectivity index (χ2v) is 6.57. The molecule has 3 heterocycles. The van der Waals surface area contributed by atoms with Crippen LogP contribution in [0.5, 0.6) is 0 Å². The Balaban J connectivity index is 1.64. The summed E-state index contributed by atoms with van der Waals surface area (Å²) in [6, 6.07) is 3.75. The summed E-state index contributed by atoms with van der Waals surface area (Å²) < 4.78 is 0. The summed E-state index contributed by atoms with van der Waals surface area (Å²) >= 11 is 0. The van der Waals surface area contributed by atoms with Gasteiger partial charge in [-0.2, -0.15) is 0 Å². The zero-order chi connectivity index (χ0) is 15.5. The maximum Gasteiger partial charge on any atom is 0.274 e. The Morgan fingerprint density at radius 3 is 2.55 bits per heavy atom. The fourth-order valence-corrected chi connectivity index (χ4v) is 3.18. The van der Waals surface area contributed by atoms with Crippen molar-refractivity contribution in [2.75, 3.05) is 51.2 Å². The zero-order valence-corrected chi connectivity index (χ0v) is 13.5. The number of piperazine rings is 1. The fourth-order valence-electron chi connectivity index (χ4n) is 3.18. The molecule has 120 valence electrons. The van der Waals surface area contributed by atoms with Gasteiger partial charge >= 0.3 is 0 Å². The van der Waals surface area contributed by atoms with E-state index < -0.39 is 0 Å². The number of aromatic nitrogens is 2. The van der Waals surface area contributed by atoms with Crippen molar-refractivity contribution in [1.29, 1.82) is 0 Å². The quantitative estimate of drug-likeness (QED) is 0.819. The van der Waals surface area contributed by atoms with Crippen LogP contribution in [-0.4, -0.2) is 72.2 Å². The molecule has 0 N–H and O–H groups in total. The van der Waals surface area contributed by atoms with E-state index in [1.807, 2.05) is 17.0 Å². The van der Waals surface area contributed by atoms with Crippen LogP contribution in [0.4, 0.5) is 5.82 Å². The molecular weight excluding hydrogens is 278 g/mol. The first kappa shape index (κ1) is 15.2. The number of nitrogens with zero attached hydrogens (tertiary/aromatic N) is 5. The number of rotatable bonds is 2. The van der Waals surface area contributed by atoms with Gasteiger partial charge in [0.05, 0.1) is 0 Å². The first-order valence-electron chi connectivity index (χ1n) is 8.20. The van der Waals surface area contributed by atoms with E-state index in [4.69, 9.17) is 0 Å². The first-order chi connectivity index (χ1) is 10.6. The molecule has 0 bridgehead atoms. The Morgan fingerprint density at radius 1 is 1.14 bits per heavy atom. The standard InChI is InChI=1S/C16H25N5O/c1-13-4-3-7-21(12-13)16(22)14-5-6-15(18-17-14)20-10-8-19(2)9-11-20/h5-6,13H,3-4,7-12H2,1-2H3. The predicted molar refractivity (Wildman–Crippen MR) is 86.0 cm³/mol. The Bertz CT molecular complexity index is 510. The highest BCUT2D eigenvalue weighted by Crippen LogP contribution is 2.18. The summed E-state index contributed by atoms with van der Waals surface area (Å²) in [5, 5.41) is 8.45. The normalized spacial score (nSPS) is 23.6. The largest absolute Gasteiger partial charge is 0.353 e. The first-order valence-corrected chi connectivity index (χ1v) is 8.20. The highest BCUT2D eigenvalue weighted by Gasteiger charge is 2.23. The summed E-state index contributed by atoms with van der Waals surface area (Å²) in [5.41, 5.74) is 0.465. The lowest BCUT2D eigenvalue weighted by molar-refractivity contribution is 0.0676. The predicted octanol–water partition coefficient (Wildman–Crippen LogP) is 1.10. The molecule has 0 aromatic carbocycles. The SMILES string of the molecule is CC1CCCN(C(=O)c2ccc(N3CCN(C)CC3)nn2)C1. The number of carbonyl (C=O) groups is 1. The number of carbonyl (C=O) groups excluding carboxylic acids is 1. The molecule has 2 aliphatic heterocycles. The number of likely N-dealkylation sites (N-methyl/N-ethyl adjacent to an activating group) is 1. The Morgan fingerprint density at radius 2 is 1.91 bits per heavy atom. The van der Waals surface area contributed by atoms with Crippen molar-refractivity contribution >= 4 is 11.7 Å². The van der Waals surface area contributed by atoms with Gasteiger partial charge in [0.25, 0.3) is 5.91 Å². The average molecular weight is 303 g/mol. The van der Waals surface area contributed by atoms with Crippen LogP contribution in [0, 0.1) is 5.92 Å². The van der Waals surface area contributed by atoms with Crippen molar-refractivity contribution in [2.24, 2.45) is 5.92 Å². The molecule has 1 aromatic rings. The Kier molecular flexibility index (Phi) is 4.57. The molecule has 1 amide bonds. The highest BCUT2D eigenvalue weighted by molar-refractivity contribution is 5.92. The lowest BCUT2D eigenvalue weighted by atomic mass is 10.00. The topological polar surface area (TPSA) is 52.6 Å². The van der Waals surface area contributed by atoms with Crippen molar-refractivity contribution in [1.82, 2.24) is 20.0 Å². The average Bonchev–Trinajstić information content (AvgIpc) is 2.55. The van der Waals surface area contributed by atoms with E-state index in [0.29, 0.717) is 11.6 Å². The molecule has 2 fully saturated rings. The van der Waals surface area contributed by atoms with Crippen LogP contribution in [0.1, 0.15) is 30.3 Å². The van der Waals surface area contributed by atoms with Gasteiger partial charge in [-0.3, -0.25) is 4.79 Å². The molecule has 6 heteroatoms. The number of hydrogen-bond acceptors (Lipinski definition) is 5. The van der Waals surface area contributed by atoms with Gasteiger partial charge < -0.3 is 14.7 Å². The van der Waals surface area contributed by atoms with Gasteiger partial charge in [-0.05, 0) is 37.9 Å². The third kappa shape index (κ3) is 3.38. The smallest absolute Gasteiger partial charge is 0.274 e. The summed E-state index contributed by atoms with van der Waals surface area (Å²) in [7, 11) is 2.13. The van der Waals surface area contributed by atoms with Crippen LogP contribution < -0.4 is 4.90 Å². The summed E-state index contributed by atoms with van der Waals surface area (Å²) in [4.78, 5) is 18.9. The van der Waals surface area contributed by atoms with Gasteiger partial charge in [0.1, 0.15) is 0 Å². The van der Waals surface area contributed by atoms with E-state index in [1.54, 1.807) is 0 Å². The molecule has 1 aromatic heterocycles. The molecule has 2 aliphatic rings. The maximum absolute atomic E-state index is 12.5. The molecule has 2 saturated heterocycles. The van der Waals surface area contributed by atoms with Crippen LogP contribution >= 0.6 is 0 Å². The van der Waals surface area contributed by atoms with Gasteiger partial charge in [0.2, 0.25) is 0 Å². The molecule has 0 radical (unpaired) electrons. The van der Waals surface area contributed by atoms with Crippen LogP contribution in [0.25, 0.3) is 0 Å². The van der Waals surface area contributed by atoms with Crippen molar-refractivity contribution in [3.8, 4) is 0 Å². The van der Waals surface area contributed by atoms with Gasteiger partial charge in [0, 0.05) is 39.3 Å². The van der Waals surface area contributed by atoms with E-state index in [0.717, 1.165) is 51.5 Å². The molecule has 1 unspecified atom stereocenters. The minimum Gasteiger partial charge on any atom is -0.353 e. The van der Waals surface area contributed by atoms with Crippen molar-refractivity contribution < 1.29 is 4.79 Å². The number of amides is 1. The van der Waals surface area contributed by atoms with E-state index >= 15 is 0 Å². The monoisotopic (exact) mass is 303 g/mol. The zero-order valence-electron chi connectivity index (χ0n) is 13.5. The van der Waals surface area contributed by atoms with E-state index in [9.17, 15) is 4.79 Å². The summed E-state index contributed by atoms with van der Waals surface area (Å²) in [6.07, 6.45) is 2.29. The molecule has 0 spiro atoms. The lowest BCUT2D eigenvalue weighted by Crippen LogP contribution is -2.45. The number of likely N-dealkylation sites (tertiary alicyclic amines) is 1. The van der Waals surface area contributed by atoms with Crippen LogP contribution in [-0.2, 0) is 0 Å². The number of anilines is 1. The molecule has 6 nitrogen and oxygen atoms in total. The Hall–Kier alpha value is -1.69. The third-order valence-electron chi connectivity index (χ3n) is 4.64. The van der Waals surface area contributed by atoms with Crippen molar-refractivity contribution in [3.05, 3.63) is 17.8 Å². The van der Waals surface area contributed by atoms with Gasteiger partial charge in [0.15, 0.2) is 11.5 Å². The van der Waals surface area contributed by atoms with Crippen LogP contribution in [0.15, 0.2) is 12.1 Å². The maximum atomic E-state index is 12.5. The lowest BCUT2D eigenvalue weighted by Gasteiger charge is -2.33. The third-order valence-corrected chi connectivity index (χ3v) is 4.64. The molecule has 0 saturated carbocycles. The van der Waals surface area contributed by atoms with Gasteiger partial charge in [-0.15, -0.1) is 10.2 Å². The second-order valence-electron chi connectivity index (χ2n) is 6.57. The number of hydrogen-bond donors (Lipinski definition) is 0. The van der Waals surface area contributed by atoms with E-state index in [-0.39, 0.29) is 5.91 Å². The van der Waals surface area contributed by atoms with E-state index in [2.05, 4.69) is 34.0 Å². The number of piperidine rings is 1. The molecule has 1 atom stereocenters. The Labute approximate surface area is 132 Å². The van der Waals surface area contributed by atoms with E-state index in [1.165, 1.54) is 6.42 Å². The van der Waals surface area contributed by atoms with Crippen LogP contribution in [0.2, 0.25) is 0 Å². The summed E-state index contributed by atoms with van der Waals surface area (Å²) in [6.45, 7) is 7.86. The van der Waals surface area contributed by atoms with Crippen LogP contribution in [0.3, 0.4) is 0 Å². The molecule has 3 rings (SSSR count). The molecule has 0 aliphatic carbocycles. The second kappa shape index (κ2) is 6.60.